The van der Waals surface area contributed by atoms with E-state index in [0.29, 0.717) is 11.3 Å². The number of amides is 1. The Bertz CT molecular complexity index is 1650. The zero-order chi connectivity index (χ0) is 26.7. The zero-order valence-corrected chi connectivity index (χ0v) is 21.0. The first-order valence-electron chi connectivity index (χ1n) is 10.6. The Hall–Kier alpha value is -4.32. The van der Waals surface area contributed by atoms with E-state index in [1.54, 1.807) is 26.0 Å². The van der Waals surface area contributed by atoms with Gasteiger partial charge < -0.3 is 15.0 Å². The van der Waals surface area contributed by atoms with Crippen LogP contribution in [0.5, 0.6) is 5.88 Å². The number of nitrogens with two attached hydrogens (primary N) is 1. The summed E-state index contributed by atoms with van der Waals surface area (Å²) in [6, 6.07) is 11.6. The fraction of sp³-hybridized carbons (Fsp3) is 0.125. The third kappa shape index (κ3) is 5.43. The van der Waals surface area contributed by atoms with Gasteiger partial charge in [0.2, 0.25) is 0 Å². The van der Waals surface area contributed by atoms with Crippen molar-refractivity contribution in [1.82, 2.24) is 15.1 Å². The molecule has 13 heteroatoms. The number of hydrogen-bond acceptors (Lipinski definition) is 10. The van der Waals surface area contributed by atoms with Crippen molar-refractivity contribution >= 4 is 39.0 Å². The van der Waals surface area contributed by atoms with Crippen LogP contribution in [0.1, 0.15) is 13.8 Å². The number of hydrogen-bond donors (Lipinski definition) is 1. The standard InChI is InChI=1S/C24H18FN5O5S2/c1-13(2)37(32,33)16-6-3-14(4-7-16)20-11-27-23(34-24(26)31)22(29-20)21-10-19(30-35-21)17-8-5-15(28-12-36)9-18(17)25/h3-11,13H,1-2H3,(H2,26,31). The normalized spacial score (nSPS) is 11.2. The third-order valence-corrected chi connectivity index (χ3v) is 7.44. The summed E-state index contributed by atoms with van der Waals surface area (Å²) in [6.07, 6.45) is 0.187. The van der Waals surface area contributed by atoms with Crippen molar-refractivity contribution in [1.29, 1.82) is 0 Å². The summed E-state index contributed by atoms with van der Waals surface area (Å²) in [5, 5.41) is 5.47. The molecule has 4 rings (SSSR count). The van der Waals surface area contributed by atoms with Gasteiger partial charge in [-0.3, -0.25) is 0 Å². The summed E-state index contributed by atoms with van der Waals surface area (Å²) in [7, 11) is -3.46. The monoisotopic (exact) mass is 539 g/mol. The Kier molecular flexibility index (Phi) is 7.21. The van der Waals surface area contributed by atoms with Crippen molar-refractivity contribution in [3.63, 3.8) is 0 Å². The minimum Gasteiger partial charge on any atom is -0.389 e. The smallest absolute Gasteiger partial charge is 0.389 e. The molecule has 2 N–H and O–H groups in total. The number of primary amides is 1. The van der Waals surface area contributed by atoms with Crippen LogP contribution >= 0.6 is 12.2 Å². The maximum absolute atomic E-state index is 14.6. The first-order chi connectivity index (χ1) is 17.6. The summed E-state index contributed by atoms with van der Waals surface area (Å²) in [5.41, 5.74) is 6.49. The van der Waals surface area contributed by atoms with E-state index in [0.717, 1.165) is 6.07 Å². The molecule has 0 fully saturated rings. The van der Waals surface area contributed by atoms with Gasteiger partial charge in [0.15, 0.2) is 21.3 Å². The minimum absolute atomic E-state index is 0.0139. The number of ether oxygens (including phenoxy) is 1. The number of rotatable bonds is 7. The molecule has 0 saturated carbocycles. The molecule has 0 aliphatic carbocycles. The summed E-state index contributed by atoms with van der Waals surface area (Å²) < 4.78 is 49.8. The van der Waals surface area contributed by atoms with Crippen LogP contribution in [0.3, 0.4) is 0 Å². The molecule has 0 aliphatic heterocycles. The number of carbonyl (C=O) groups excluding carboxylic acids is 1. The van der Waals surface area contributed by atoms with Crippen molar-refractivity contribution < 1.29 is 26.9 Å². The Balaban J connectivity index is 1.75. The zero-order valence-electron chi connectivity index (χ0n) is 19.4. The van der Waals surface area contributed by atoms with E-state index in [1.807, 2.05) is 0 Å². The van der Waals surface area contributed by atoms with Crippen LogP contribution < -0.4 is 10.5 Å². The largest absolute Gasteiger partial charge is 0.411 e. The molecule has 4 aromatic rings. The molecule has 10 nitrogen and oxygen atoms in total. The fourth-order valence-corrected chi connectivity index (χ4v) is 4.45. The van der Waals surface area contributed by atoms with Gasteiger partial charge in [-0.1, -0.05) is 17.3 Å². The van der Waals surface area contributed by atoms with E-state index in [4.69, 9.17) is 15.0 Å². The van der Waals surface area contributed by atoms with Crippen molar-refractivity contribution in [2.24, 2.45) is 10.7 Å². The number of sulfone groups is 1. The molecule has 2 heterocycles. The lowest BCUT2D eigenvalue weighted by atomic mass is 10.1. The quantitative estimate of drug-likeness (QED) is 0.253. The lowest BCUT2D eigenvalue weighted by molar-refractivity contribution is 0.209. The van der Waals surface area contributed by atoms with Crippen LogP contribution in [0.25, 0.3) is 34.0 Å². The number of carbonyl (C=O) groups is 1. The average Bonchev–Trinajstić information content (AvgIpc) is 3.34. The summed E-state index contributed by atoms with van der Waals surface area (Å²) in [5.74, 6) is -0.875. The Labute approximate surface area is 215 Å². The van der Waals surface area contributed by atoms with E-state index < -0.39 is 27.0 Å². The number of benzene rings is 2. The number of thiocarbonyl (C=S) groups is 1. The van der Waals surface area contributed by atoms with E-state index >= 15 is 0 Å². The number of aliphatic imine (C=N–C) groups is 1. The molecule has 0 unspecified atom stereocenters. The van der Waals surface area contributed by atoms with Crippen molar-refractivity contribution in [3.8, 4) is 39.8 Å². The topological polar surface area (TPSA) is 151 Å². The minimum atomic E-state index is -3.46. The van der Waals surface area contributed by atoms with Gasteiger partial charge in [-0.2, -0.15) is 4.99 Å². The highest BCUT2D eigenvalue weighted by atomic mass is 32.2. The van der Waals surface area contributed by atoms with Crippen molar-refractivity contribution in [3.05, 3.63) is 60.5 Å². The first-order valence-corrected chi connectivity index (χ1v) is 12.6. The van der Waals surface area contributed by atoms with Gasteiger partial charge in [0.1, 0.15) is 11.5 Å². The molecule has 1 amide bonds. The molecular formula is C24H18FN5O5S2. The lowest BCUT2D eigenvalue weighted by Gasteiger charge is -2.09. The Morgan fingerprint density at radius 1 is 1.16 bits per heavy atom. The predicted molar refractivity (Wildman–Crippen MR) is 136 cm³/mol. The molecule has 0 atom stereocenters. The maximum Gasteiger partial charge on any atom is 0.411 e. The number of nitrogens with zero attached hydrogens (tertiary/aromatic N) is 4. The van der Waals surface area contributed by atoms with E-state index in [-0.39, 0.29) is 39.2 Å². The van der Waals surface area contributed by atoms with Crippen LogP contribution in [0, 0.1) is 5.82 Å². The number of isothiocyanates is 1. The SMILES string of the molecule is CC(C)S(=O)(=O)c1ccc(-c2cnc(OC(N)=O)c(-c3cc(-c4ccc(N=C=S)cc4F)no3)n2)cc1. The molecule has 2 aromatic heterocycles. The molecule has 0 saturated heterocycles. The highest BCUT2D eigenvalue weighted by Gasteiger charge is 2.22. The molecule has 2 aromatic carbocycles. The van der Waals surface area contributed by atoms with Gasteiger partial charge in [-0.15, -0.1) is 0 Å². The summed E-state index contributed by atoms with van der Waals surface area (Å²) in [4.78, 5) is 23.9. The van der Waals surface area contributed by atoms with Gasteiger partial charge >= 0.3 is 6.09 Å². The van der Waals surface area contributed by atoms with E-state index in [9.17, 15) is 17.6 Å². The van der Waals surface area contributed by atoms with Crippen LogP contribution in [0.4, 0.5) is 14.9 Å². The van der Waals surface area contributed by atoms with Crippen molar-refractivity contribution in [2.45, 2.75) is 24.0 Å². The average molecular weight is 540 g/mol. The highest BCUT2D eigenvalue weighted by Crippen LogP contribution is 2.33. The van der Waals surface area contributed by atoms with Crippen LogP contribution in [0.15, 0.2) is 69.1 Å². The summed E-state index contributed by atoms with van der Waals surface area (Å²) >= 11 is 4.53. The Morgan fingerprint density at radius 3 is 2.51 bits per heavy atom. The van der Waals surface area contributed by atoms with Gasteiger partial charge in [-0.05, 0) is 50.3 Å². The molecular weight excluding hydrogens is 521 g/mol. The van der Waals surface area contributed by atoms with Crippen molar-refractivity contribution in [2.75, 3.05) is 0 Å². The summed E-state index contributed by atoms with van der Waals surface area (Å²) in [6.45, 7) is 3.19. The van der Waals surface area contributed by atoms with Gasteiger partial charge in [0.05, 0.1) is 32.9 Å². The van der Waals surface area contributed by atoms with Crippen LogP contribution in [0.2, 0.25) is 0 Å². The molecule has 0 aliphatic rings. The second-order valence-corrected chi connectivity index (χ2v) is 10.6. The van der Waals surface area contributed by atoms with E-state index in [1.165, 1.54) is 36.5 Å². The lowest BCUT2D eigenvalue weighted by Crippen LogP contribution is -2.17. The van der Waals surface area contributed by atoms with Crippen LogP contribution in [-0.2, 0) is 9.84 Å². The maximum atomic E-state index is 14.6. The predicted octanol–water partition coefficient (Wildman–Crippen LogP) is 4.98. The van der Waals surface area contributed by atoms with Gasteiger partial charge in [0.25, 0.3) is 5.88 Å². The molecule has 0 radical (unpaired) electrons. The van der Waals surface area contributed by atoms with Gasteiger partial charge in [-0.25, -0.2) is 27.6 Å². The molecule has 0 bridgehead atoms. The Morgan fingerprint density at radius 2 is 1.89 bits per heavy atom. The van der Waals surface area contributed by atoms with Gasteiger partial charge in [0, 0.05) is 23.3 Å². The second-order valence-electron chi connectivity index (χ2n) is 7.89. The fourth-order valence-electron chi connectivity index (χ4n) is 3.28. The molecule has 37 heavy (non-hydrogen) atoms. The third-order valence-electron chi connectivity index (χ3n) is 5.18. The molecule has 188 valence electrons. The second kappa shape index (κ2) is 10.3. The number of aromatic nitrogens is 3. The van der Waals surface area contributed by atoms with Crippen LogP contribution in [-0.4, -0.2) is 40.0 Å². The molecule has 0 spiro atoms. The first kappa shape index (κ1) is 25.8. The number of halogens is 1. The highest BCUT2D eigenvalue weighted by molar-refractivity contribution is 7.92. The van der Waals surface area contributed by atoms with E-state index in [2.05, 4.69) is 37.5 Å².